The molecule has 1 aliphatic carbocycles. The lowest BCUT2D eigenvalue weighted by Crippen LogP contribution is -2.18. The van der Waals surface area contributed by atoms with E-state index in [1.807, 2.05) is 0 Å². The average Bonchev–Trinajstić information content (AvgIpc) is 2.68. The molecule has 0 aromatic heterocycles. The smallest absolute Gasteiger partial charge is 0.335 e. The van der Waals surface area contributed by atoms with E-state index in [2.05, 4.69) is 19.2 Å². The summed E-state index contributed by atoms with van der Waals surface area (Å²) in [5.41, 5.74) is 0.476. The quantitative estimate of drug-likeness (QED) is 0.651. The maximum Gasteiger partial charge on any atom is 0.335 e. The highest BCUT2D eigenvalue weighted by Gasteiger charge is 2.32. The van der Waals surface area contributed by atoms with Gasteiger partial charge in [0, 0.05) is 12.1 Å². The molecule has 2 rings (SSSR count). The SMILES string of the molecule is CC1(C)CCC(Nc2cc(C(=O)O)ccc2[N+](=O)[O-])C1. The van der Waals surface area contributed by atoms with Gasteiger partial charge in [0.2, 0.25) is 0 Å². The standard InChI is InChI=1S/C14H18N2O4/c1-14(2)6-5-10(8-14)15-11-7-9(13(17)18)3-4-12(11)16(19)20/h3-4,7,10,15H,5-6,8H2,1-2H3,(H,17,18). The van der Waals surface area contributed by atoms with Crippen molar-refractivity contribution in [2.45, 2.75) is 39.2 Å². The summed E-state index contributed by atoms with van der Waals surface area (Å²) in [6.07, 6.45) is 2.90. The molecular weight excluding hydrogens is 260 g/mol. The molecule has 0 bridgehead atoms. The predicted octanol–water partition coefficient (Wildman–Crippen LogP) is 3.28. The largest absolute Gasteiger partial charge is 0.478 e. The van der Waals surface area contributed by atoms with E-state index in [4.69, 9.17) is 5.11 Å². The number of hydrogen-bond donors (Lipinski definition) is 2. The van der Waals surface area contributed by atoms with E-state index in [1.54, 1.807) is 0 Å². The molecule has 0 aliphatic heterocycles. The molecule has 6 heteroatoms. The summed E-state index contributed by atoms with van der Waals surface area (Å²) in [4.78, 5) is 21.5. The van der Waals surface area contributed by atoms with Crippen LogP contribution in [0.1, 0.15) is 43.5 Å². The van der Waals surface area contributed by atoms with Gasteiger partial charge in [0.15, 0.2) is 0 Å². The third-order valence-corrected chi connectivity index (χ3v) is 3.77. The van der Waals surface area contributed by atoms with Crippen molar-refractivity contribution >= 4 is 17.3 Å². The highest BCUT2D eigenvalue weighted by Crippen LogP contribution is 2.39. The molecule has 1 fully saturated rings. The van der Waals surface area contributed by atoms with Crippen LogP contribution in [0.25, 0.3) is 0 Å². The molecule has 6 nitrogen and oxygen atoms in total. The first kappa shape index (κ1) is 14.3. The van der Waals surface area contributed by atoms with E-state index in [0.29, 0.717) is 0 Å². The molecule has 20 heavy (non-hydrogen) atoms. The van der Waals surface area contributed by atoms with Crippen molar-refractivity contribution in [3.63, 3.8) is 0 Å². The number of nitrogens with one attached hydrogen (secondary N) is 1. The van der Waals surface area contributed by atoms with E-state index >= 15 is 0 Å². The molecule has 0 saturated heterocycles. The van der Waals surface area contributed by atoms with Crippen molar-refractivity contribution in [1.82, 2.24) is 0 Å². The minimum absolute atomic E-state index is 0.0513. The normalized spacial score (nSPS) is 20.6. The van der Waals surface area contributed by atoms with Crippen LogP contribution < -0.4 is 5.32 Å². The Balaban J connectivity index is 2.26. The van der Waals surface area contributed by atoms with Crippen molar-refractivity contribution in [3.8, 4) is 0 Å². The van der Waals surface area contributed by atoms with Gasteiger partial charge in [-0.25, -0.2) is 4.79 Å². The Kier molecular flexibility index (Phi) is 3.65. The molecule has 1 saturated carbocycles. The molecule has 108 valence electrons. The van der Waals surface area contributed by atoms with Crippen molar-refractivity contribution in [3.05, 3.63) is 33.9 Å². The third-order valence-electron chi connectivity index (χ3n) is 3.77. The van der Waals surface area contributed by atoms with Gasteiger partial charge in [-0.2, -0.15) is 0 Å². The van der Waals surface area contributed by atoms with Crippen LogP contribution in [0.15, 0.2) is 18.2 Å². The molecule has 1 atom stereocenters. The maximum atomic E-state index is 11.0. The van der Waals surface area contributed by atoms with Crippen molar-refractivity contribution in [2.75, 3.05) is 5.32 Å². The molecule has 2 N–H and O–H groups in total. The number of carboxylic acids is 1. The summed E-state index contributed by atoms with van der Waals surface area (Å²) in [5, 5.41) is 23.1. The lowest BCUT2D eigenvalue weighted by atomic mass is 9.92. The van der Waals surface area contributed by atoms with Gasteiger partial charge in [-0.15, -0.1) is 0 Å². The number of nitro benzene ring substituents is 1. The fourth-order valence-electron chi connectivity index (χ4n) is 2.72. The highest BCUT2D eigenvalue weighted by molar-refractivity contribution is 5.90. The Morgan fingerprint density at radius 2 is 2.20 bits per heavy atom. The van der Waals surface area contributed by atoms with E-state index in [9.17, 15) is 14.9 Å². The third kappa shape index (κ3) is 3.07. The fraction of sp³-hybridized carbons (Fsp3) is 0.500. The molecule has 0 amide bonds. The number of anilines is 1. The van der Waals surface area contributed by atoms with Gasteiger partial charge >= 0.3 is 5.97 Å². The second kappa shape index (κ2) is 5.11. The summed E-state index contributed by atoms with van der Waals surface area (Å²) in [5.74, 6) is -1.09. The monoisotopic (exact) mass is 278 g/mol. The number of nitro groups is 1. The number of carboxylic acid groups (broad SMARTS) is 1. The summed E-state index contributed by atoms with van der Waals surface area (Å²) in [6.45, 7) is 4.33. The first-order valence-electron chi connectivity index (χ1n) is 6.57. The Morgan fingerprint density at radius 3 is 2.70 bits per heavy atom. The molecule has 0 heterocycles. The number of hydrogen-bond acceptors (Lipinski definition) is 4. The summed E-state index contributed by atoms with van der Waals surface area (Å²) in [7, 11) is 0. The molecule has 0 spiro atoms. The number of aromatic carboxylic acids is 1. The number of benzene rings is 1. The molecule has 1 aromatic carbocycles. The van der Waals surface area contributed by atoms with Crippen LogP contribution in [-0.2, 0) is 0 Å². The van der Waals surface area contributed by atoms with E-state index < -0.39 is 10.9 Å². The van der Waals surface area contributed by atoms with Gasteiger partial charge in [-0.3, -0.25) is 10.1 Å². The summed E-state index contributed by atoms with van der Waals surface area (Å²) >= 11 is 0. The lowest BCUT2D eigenvalue weighted by Gasteiger charge is -2.18. The Bertz CT molecular complexity index is 554. The Labute approximate surface area is 117 Å². The number of rotatable bonds is 4. The van der Waals surface area contributed by atoms with Crippen LogP contribution in [0, 0.1) is 15.5 Å². The van der Waals surface area contributed by atoms with Gasteiger partial charge in [0.1, 0.15) is 5.69 Å². The van der Waals surface area contributed by atoms with Crippen LogP contribution in [0.4, 0.5) is 11.4 Å². The molecule has 1 aliphatic rings. The van der Waals surface area contributed by atoms with Crippen LogP contribution in [0.3, 0.4) is 0 Å². The second-order valence-electron chi connectivity index (χ2n) is 6.04. The lowest BCUT2D eigenvalue weighted by molar-refractivity contribution is -0.384. The van der Waals surface area contributed by atoms with E-state index in [0.717, 1.165) is 19.3 Å². The first-order chi connectivity index (χ1) is 9.28. The fourth-order valence-corrected chi connectivity index (χ4v) is 2.72. The van der Waals surface area contributed by atoms with Crippen molar-refractivity contribution in [2.24, 2.45) is 5.41 Å². The summed E-state index contributed by atoms with van der Waals surface area (Å²) < 4.78 is 0. The topological polar surface area (TPSA) is 92.5 Å². The van der Waals surface area contributed by atoms with Gasteiger partial charge in [0.05, 0.1) is 10.5 Å². The first-order valence-corrected chi connectivity index (χ1v) is 6.57. The van der Waals surface area contributed by atoms with Gasteiger partial charge < -0.3 is 10.4 Å². The van der Waals surface area contributed by atoms with Gasteiger partial charge in [0.25, 0.3) is 5.69 Å². The zero-order chi connectivity index (χ0) is 14.9. The highest BCUT2D eigenvalue weighted by atomic mass is 16.6. The predicted molar refractivity (Wildman–Crippen MR) is 75.1 cm³/mol. The minimum Gasteiger partial charge on any atom is -0.478 e. The van der Waals surface area contributed by atoms with Crippen molar-refractivity contribution < 1.29 is 14.8 Å². The van der Waals surface area contributed by atoms with Crippen LogP contribution in [0.5, 0.6) is 0 Å². The number of nitrogens with zero attached hydrogens (tertiary/aromatic N) is 1. The second-order valence-corrected chi connectivity index (χ2v) is 6.04. The van der Waals surface area contributed by atoms with Gasteiger partial charge in [-0.05, 0) is 36.8 Å². The zero-order valence-electron chi connectivity index (χ0n) is 11.5. The number of carbonyl (C=O) groups is 1. The maximum absolute atomic E-state index is 11.0. The molecule has 1 unspecified atom stereocenters. The Hall–Kier alpha value is -2.11. The van der Waals surface area contributed by atoms with E-state index in [1.165, 1.54) is 18.2 Å². The van der Waals surface area contributed by atoms with Crippen molar-refractivity contribution in [1.29, 1.82) is 0 Å². The van der Waals surface area contributed by atoms with Crippen LogP contribution in [-0.4, -0.2) is 22.0 Å². The minimum atomic E-state index is -1.09. The molecular formula is C14H18N2O4. The zero-order valence-corrected chi connectivity index (χ0v) is 11.5. The molecule has 0 radical (unpaired) electrons. The molecule has 1 aromatic rings. The van der Waals surface area contributed by atoms with E-state index in [-0.39, 0.29) is 28.4 Å². The van der Waals surface area contributed by atoms with Crippen LogP contribution in [0.2, 0.25) is 0 Å². The summed E-state index contributed by atoms with van der Waals surface area (Å²) in [6, 6.07) is 3.98. The van der Waals surface area contributed by atoms with Crippen LogP contribution >= 0.6 is 0 Å². The Morgan fingerprint density at radius 1 is 1.50 bits per heavy atom. The van der Waals surface area contributed by atoms with Gasteiger partial charge in [-0.1, -0.05) is 13.8 Å². The average molecular weight is 278 g/mol.